The smallest absolute Gasteiger partial charge is 0.407 e. The number of carboxylic acids is 1. The molecule has 3 rings (SSSR count). The van der Waals surface area contributed by atoms with Crippen LogP contribution in [0.2, 0.25) is 0 Å². The molecule has 1 aliphatic rings. The molecule has 35 heavy (non-hydrogen) atoms. The predicted molar refractivity (Wildman–Crippen MR) is 135 cm³/mol. The lowest BCUT2D eigenvalue weighted by Gasteiger charge is -2.24. The first-order valence-electron chi connectivity index (χ1n) is 12.4. The lowest BCUT2D eigenvalue weighted by atomic mass is 9.98. The number of ether oxygens (including phenoxy) is 1. The summed E-state index contributed by atoms with van der Waals surface area (Å²) in [5.41, 5.74) is 4.52. The second-order valence-corrected chi connectivity index (χ2v) is 9.60. The van der Waals surface area contributed by atoms with Crippen molar-refractivity contribution in [3.8, 4) is 11.1 Å². The fourth-order valence-electron chi connectivity index (χ4n) is 4.67. The molecule has 7 heteroatoms. The minimum atomic E-state index is -0.962. The third kappa shape index (κ3) is 7.07. The molecule has 1 aliphatic carbocycles. The van der Waals surface area contributed by atoms with Crippen LogP contribution in [0, 0.1) is 5.92 Å². The second-order valence-electron chi connectivity index (χ2n) is 9.60. The van der Waals surface area contributed by atoms with Crippen LogP contribution in [-0.4, -0.2) is 41.8 Å². The van der Waals surface area contributed by atoms with Crippen molar-refractivity contribution in [3.05, 3.63) is 59.7 Å². The molecule has 0 unspecified atom stereocenters. The molecule has 2 aromatic carbocycles. The Morgan fingerprint density at radius 1 is 0.971 bits per heavy atom. The van der Waals surface area contributed by atoms with Crippen LogP contribution in [0.4, 0.5) is 4.79 Å². The van der Waals surface area contributed by atoms with Gasteiger partial charge in [0.25, 0.3) is 0 Å². The molecule has 0 fully saturated rings. The SMILES string of the molecule is CCCC[C@H](CC(=O)O)NC(=O)[C@H](CC(C)C)NC(=O)OCC1c2ccccc2-c2ccccc21. The maximum atomic E-state index is 13.0. The summed E-state index contributed by atoms with van der Waals surface area (Å²) in [4.78, 5) is 37.0. The van der Waals surface area contributed by atoms with Gasteiger partial charge in [0.1, 0.15) is 12.6 Å². The van der Waals surface area contributed by atoms with Crippen LogP contribution in [0.3, 0.4) is 0 Å². The monoisotopic (exact) mass is 480 g/mol. The highest BCUT2D eigenvalue weighted by Crippen LogP contribution is 2.44. The largest absolute Gasteiger partial charge is 0.481 e. The van der Waals surface area contributed by atoms with Crippen molar-refractivity contribution in [2.75, 3.05) is 6.61 Å². The number of carbonyl (C=O) groups excluding carboxylic acids is 2. The molecule has 0 spiro atoms. The quantitative estimate of drug-likeness (QED) is 0.392. The van der Waals surface area contributed by atoms with E-state index in [9.17, 15) is 19.5 Å². The van der Waals surface area contributed by atoms with Crippen molar-refractivity contribution >= 4 is 18.0 Å². The molecule has 0 aromatic heterocycles. The summed E-state index contributed by atoms with van der Waals surface area (Å²) >= 11 is 0. The molecule has 0 heterocycles. The van der Waals surface area contributed by atoms with Crippen LogP contribution >= 0.6 is 0 Å². The first kappa shape index (κ1) is 26.3. The van der Waals surface area contributed by atoms with Crippen LogP contribution in [0.1, 0.15) is 69.9 Å². The second kappa shape index (κ2) is 12.4. The third-order valence-electron chi connectivity index (χ3n) is 6.33. The van der Waals surface area contributed by atoms with Gasteiger partial charge in [-0.1, -0.05) is 82.1 Å². The Morgan fingerprint density at radius 3 is 2.11 bits per heavy atom. The van der Waals surface area contributed by atoms with Gasteiger partial charge in [-0.15, -0.1) is 0 Å². The van der Waals surface area contributed by atoms with Crippen molar-refractivity contribution in [1.82, 2.24) is 10.6 Å². The summed E-state index contributed by atoms with van der Waals surface area (Å²) < 4.78 is 5.61. The molecule has 3 N–H and O–H groups in total. The van der Waals surface area contributed by atoms with E-state index < -0.39 is 24.1 Å². The summed E-state index contributed by atoms with van der Waals surface area (Å²) in [6.45, 7) is 6.10. The van der Waals surface area contributed by atoms with Gasteiger partial charge in [0.2, 0.25) is 5.91 Å². The van der Waals surface area contributed by atoms with Crippen LogP contribution in [0.25, 0.3) is 11.1 Å². The average molecular weight is 481 g/mol. The number of carboxylic acid groups (broad SMARTS) is 1. The zero-order valence-electron chi connectivity index (χ0n) is 20.8. The lowest BCUT2D eigenvalue weighted by molar-refractivity contribution is -0.137. The molecule has 0 bridgehead atoms. The molecule has 2 aromatic rings. The first-order valence-corrected chi connectivity index (χ1v) is 12.4. The van der Waals surface area contributed by atoms with Gasteiger partial charge in [-0.3, -0.25) is 9.59 Å². The summed E-state index contributed by atoms with van der Waals surface area (Å²) in [7, 11) is 0. The number of rotatable bonds is 12. The van der Waals surface area contributed by atoms with Gasteiger partial charge in [0.05, 0.1) is 6.42 Å². The Bertz CT molecular complexity index is 990. The van der Waals surface area contributed by atoms with Crippen molar-refractivity contribution in [3.63, 3.8) is 0 Å². The molecule has 0 saturated carbocycles. The number of unbranched alkanes of at least 4 members (excludes halogenated alkanes) is 1. The van der Waals surface area contributed by atoms with Crippen LogP contribution in [-0.2, 0) is 14.3 Å². The van der Waals surface area contributed by atoms with Crippen LogP contribution < -0.4 is 10.6 Å². The van der Waals surface area contributed by atoms with Crippen LogP contribution in [0.15, 0.2) is 48.5 Å². The maximum absolute atomic E-state index is 13.0. The number of carbonyl (C=O) groups is 3. The molecule has 2 atom stereocenters. The molecule has 2 amide bonds. The molecule has 7 nitrogen and oxygen atoms in total. The molecular formula is C28H36N2O5. The van der Waals surface area contributed by atoms with E-state index in [-0.39, 0.29) is 30.8 Å². The van der Waals surface area contributed by atoms with Gasteiger partial charge >= 0.3 is 12.1 Å². The van der Waals surface area contributed by atoms with Crippen LogP contribution in [0.5, 0.6) is 0 Å². The molecule has 188 valence electrons. The summed E-state index contributed by atoms with van der Waals surface area (Å²) in [5, 5.41) is 14.7. The van der Waals surface area contributed by atoms with E-state index in [0.29, 0.717) is 12.8 Å². The number of hydrogen-bond donors (Lipinski definition) is 3. The minimum Gasteiger partial charge on any atom is -0.481 e. The summed E-state index contributed by atoms with van der Waals surface area (Å²) in [6.07, 6.45) is 1.91. The van der Waals surface area contributed by atoms with Crippen molar-refractivity contribution in [2.45, 2.75) is 70.9 Å². The topological polar surface area (TPSA) is 105 Å². The third-order valence-corrected chi connectivity index (χ3v) is 6.33. The molecule has 0 aliphatic heterocycles. The zero-order chi connectivity index (χ0) is 25.4. The fraction of sp³-hybridized carbons (Fsp3) is 0.464. The van der Waals surface area contributed by atoms with Gasteiger partial charge in [-0.05, 0) is 41.0 Å². The number of alkyl carbamates (subject to hydrolysis) is 1. The summed E-state index contributed by atoms with van der Waals surface area (Å²) in [6, 6.07) is 14.9. The molecular weight excluding hydrogens is 444 g/mol. The highest BCUT2D eigenvalue weighted by molar-refractivity contribution is 5.86. The lowest BCUT2D eigenvalue weighted by Crippen LogP contribution is -2.50. The van der Waals surface area contributed by atoms with Crippen molar-refractivity contribution in [2.24, 2.45) is 5.92 Å². The van der Waals surface area contributed by atoms with E-state index in [2.05, 4.69) is 34.9 Å². The standard InChI is InChI=1S/C28H36N2O5/c1-4-5-10-19(16-26(31)32)29-27(33)25(15-18(2)3)30-28(34)35-17-24-22-13-8-6-11-20(22)21-12-7-9-14-23(21)24/h6-9,11-14,18-19,24-25H,4-5,10,15-17H2,1-3H3,(H,29,33)(H,30,34)(H,31,32)/t19-,25+/m1/s1. The average Bonchev–Trinajstić information content (AvgIpc) is 3.14. The number of hydrogen-bond acceptors (Lipinski definition) is 4. The van der Waals surface area contributed by atoms with Gasteiger partial charge in [0.15, 0.2) is 0 Å². The van der Waals surface area contributed by atoms with E-state index >= 15 is 0 Å². The Balaban J connectivity index is 1.64. The first-order chi connectivity index (χ1) is 16.8. The van der Waals surface area contributed by atoms with E-state index in [1.807, 2.05) is 45.0 Å². The number of amides is 2. The van der Waals surface area contributed by atoms with Gasteiger partial charge < -0.3 is 20.5 Å². The van der Waals surface area contributed by atoms with Crippen molar-refractivity contribution in [1.29, 1.82) is 0 Å². The van der Waals surface area contributed by atoms with E-state index in [4.69, 9.17) is 4.74 Å². The number of benzene rings is 2. The van der Waals surface area contributed by atoms with E-state index in [1.54, 1.807) is 0 Å². The van der Waals surface area contributed by atoms with Gasteiger partial charge in [0, 0.05) is 12.0 Å². The van der Waals surface area contributed by atoms with E-state index in [1.165, 1.54) is 0 Å². The molecule has 0 saturated heterocycles. The predicted octanol–water partition coefficient (Wildman–Crippen LogP) is 5.09. The highest BCUT2D eigenvalue weighted by Gasteiger charge is 2.30. The Labute approximate surface area is 207 Å². The van der Waals surface area contributed by atoms with Gasteiger partial charge in [-0.2, -0.15) is 0 Å². The minimum absolute atomic E-state index is 0.0699. The zero-order valence-corrected chi connectivity index (χ0v) is 20.8. The Hall–Kier alpha value is -3.35. The van der Waals surface area contributed by atoms with Crippen molar-refractivity contribution < 1.29 is 24.2 Å². The highest BCUT2D eigenvalue weighted by atomic mass is 16.5. The fourth-order valence-corrected chi connectivity index (χ4v) is 4.67. The summed E-state index contributed by atoms with van der Waals surface area (Å²) in [5.74, 6) is -1.27. The molecule has 0 radical (unpaired) electrons. The number of aliphatic carboxylic acids is 1. The Morgan fingerprint density at radius 2 is 1.57 bits per heavy atom. The number of nitrogens with one attached hydrogen (secondary N) is 2. The number of fused-ring (bicyclic) bond motifs is 3. The Kier molecular flexibility index (Phi) is 9.29. The van der Waals surface area contributed by atoms with Gasteiger partial charge in [-0.25, -0.2) is 4.79 Å². The maximum Gasteiger partial charge on any atom is 0.407 e. The van der Waals surface area contributed by atoms with E-state index in [0.717, 1.165) is 35.1 Å². The normalized spacial score (nSPS) is 14.1.